The molecule has 0 saturated heterocycles. The van der Waals surface area contributed by atoms with Gasteiger partial charge in [0.25, 0.3) is 0 Å². The van der Waals surface area contributed by atoms with E-state index in [9.17, 15) is 10.1 Å². The van der Waals surface area contributed by atoms with E-state index in [1.807, 2.05) is 35.7 Å². The third-order valence-electron chi connectivity index (χ3n) is 4.20. The summed E-state index contributed by atoms with van der Waals surface area (Å²) in [5.74, 6) is -0.738. The second-order valence-corrected chi connectivity index (χ2v) is 6.53. The highest BCUT2D eigenvalue weighted by atomic mass is 32.1. The topological polar surface area (TPSA) is 85.3 Å². The van der Waals surface area contributed by atoms with Crippen LogP contribution in [0, 0.1) is 11.3 Å². The molecule has 1 unspecified atom stereocenters. The van der Waals surface area contributed by atoms with Crippen LogP contribution in [-0.4, -0.2) is 12.6 Å². The minimum atomic E-state index is -0.607. The van der Waals surface area contributed by atoms with Crippen molar-refractivity contribution in [2.45, 2.75) is 19.8 Å². The zero-order valence-corrected chi connectivity index (χ0v) is 15.3. The van der Waals surface area contributed by atoms with Crippen molar-refractivity contribution < 1.29 is 14.3 Å². The molecular formula is C20H18N2O3S. The van der Waals surface area contributed by atoms with Crippen molar-refractivity contribution in [1.29, 1.82) is 5.26 Å². The summed E-state index contributed by atoms with van der Waals surface area (Å²) in [7, 11) is 0. The summed E-state index contributed by atoms with van der Waals surface area (Å²) >= 11 is 1.63. The Morgan fingerprint density at radius 2 is 2.04 bits per heavy atom. The van der Waals surface area contributed by atoms with Crippen molar-refractivity contribution in [2.75, 3.05) is 6.61 Å². The SMILES string of the molecule is CCOC(=O)C1=C(C)OC(N)=C(C#N)C1c1ccc(-c2ccsc2)cc1. The Morgan fingerprint density at radius 1 is 1.31 bits per heavy atom. The van der Waals surface area contributed by atoms with Gasteiger partial charge >= 0.3 is 5.97 Å². The van der Waals surface area contributed by atoms with E-state index >= 15 is 0 Å². The van der Waals surface area contributed by atoms with Gasteiger partial charge in [-0.05, 0) is 47.4 Å². The van der Waals surface area contributed by atoms with Crippen LogP contribution in [0.15, 0.2) is 63.9 Å². The van der Waals surface area contributed by atoms with Gasteiger partial charge in [-0.25, -0.2) is 4.79 Å². The van der Waals surface area contributed by atoms with Crippen LogP contribution < -0.4 is 5.73 Å². The van der Waals surface area contributed by atoms with E-state index in [2.05, 4.69) is 11.4 Å². The fourth-order valence-corrected chi connectivity index (χ4v) is 3.65. The fraction of sp³-hybridized carbons (Fsp3) is 0.200. The minimum Gasteiger partial charge on any atom is -0.463 e. The third kappa shape index (κ3) is 3.22. The molecule has 0 spiro atoms. The normalized spacial score (nSPS) is 16.9. The Labute approximate surface area is 156 Å². The first-order chi connectivity index (χ1) is 12.6. The quantitative estimate of drug-likeness (QED) is 0.825. The van der Waals surface area contributed by atoms with Crippen LogP contribution in [0.1, 0.15) is 25.3 Å². The number of hydrogen-bond acceptors (Lipinski definition) is 6. The molecule has 2 heterocycles. The lowest BCUT2D eigenvalue weighted by Crippen LogP contribution is -2.25. The molecule has 1 aromatic carbocycles. The first-order valence-corrected chi connectivity index (χ1v) is 9.09. The summed E-state index contributed by atoms with van der Waals surface area (Å²) in [4.78, 5) is 12.5. The lowest BCUT2D eigenvalue weighted by atomic mass is 9.82. The lowest BCUT2D eigenvalue weighted by Gasteiger charge is -2.26. The van der Waals surface area contributed by atoms with Crippen LogP contribution in [0.25, 0.3) is 11.1 Å². The Kier molecular flexibility index (Phi) is 5.10. The average Bonchev–Trinajstić information content (AvgIpc) is 3.16. The van der Waals surface area contributed by atoms with Gasteiger partial charge in [-0.3, -0.25) is 0 Å². The number of carbonyl (C=O) groups excluding carboxylic acids is 1. The molecule has 1 aromatic heterocycles. The van der Waals surface area contributed by atoms with Crippen LogP contribution in [0.2, 0.25) is 0 Å². The number of hydrogen-bond donors (Lipinski definition) is 1. The summed E-state index contributed by atoms with van der Waals surface area (Å²) in [5.41, 5.74) is 9.40. The van der Waals surface area contributed by atoms with Gasteiger partial charge in [0.2, 0.25) is 5.88 Å². The van der Waals surface area contributed by atoms with E-state index in [4.69, 9.17) is 15.2 Å². The first-order valence-electron chi connectivity index (χ1n) is 8.14. The van der Waals surface area contributed by atoms with Crippen molar-refractivity contribution in [3.8, 4) is 17.2 Å². The van der Waals surface area contributed by atoms with Gasteiger partial charge in [0, 0.05) is 0 Å². The Bertz CT molecular complexity index is 919. The number of nitrogens with zero attached hydrogens (tertiary/aromatic N) is 1. The second kappa shape index (κ2) is 7.46. The number of nitriles is 1. The molecule has 2 N–H and O–H groups in total. The van der Waals surface area contributed by atoms with Crippen molar-refractivity contribution in [2.24, 2.45) is 5.73 Å². The summed E-state index contributed by atoms with van der Waals surface area (Å²) in [6, 6.07) is 11.9. The first kappa shape index (κ1) is 17.8. The molecule has 3 rings (SSSR count). The minimum absolute atomic E-state index is 0.0185. The number of nitrogens with two attached hydrogens (primary N) is 1. The number of carbonyl (C=O) groups is 1. The molecule has 1 aliphatic rings. The van der Waals surface area contributed by atoms with E-state index in [-0.39, 0.29) is 18.1 Å². The van der Waals surface area contributed by atoms with Crippen molar-refractivity contribution in [3.63, 3.8) is 0 Å². The molecule has 1 atom stereocenters. The molecule has 0 fully saturated rings. The summed E-state index contributed by atoms with van der Waals surface area (Å²) in [6.45, 7) is 3.62. The van der Waals surface area contributed by atoms with Gasteiger partial charge in [0.15, 0.2) is 0 Å². The molecule has 132 valence electrons. The number of rotatable bonds is 4. The molecule has 2 aromatic rings. The standard InChI is InChI=1S/C20H18N2O3S/c1-3-24-20(23)17-12(2)25-19(22)16(10-21)18(17)14-6-4-13(5-7-14)15-8-9-26-11-15/h4-9,11,18H,3,22H2,1-2H3. The smallest absolute Gasteiger partial charge is 0.338 e. The Morgan fingerprint density at radius 3 is 2.62 bits per heavy atom. The fourth-order valence-electron chi connectivity index (χ4n) is 2.98. The lowest BCUT2D eigenvalue weighted by molar-refractivity contribution is -0.139. The van der Waals surface area contributed by atoms with Crippen LogP contribution in [0.3, 0.4) is 0 Å². The van der Waals surface area contributed by atoms with Gasteiger partial charge < -0.3 is 15.2 Å². The molecule has 0 amide bonds. The Hall–Kier alpha value is -3.04. The molecule has 5 nitrogen and oxygen atoms in total. The van der Waals surface area contributed by atoms with Gasteiger partial charge in [-0.2, -0.15) is 16.6 Å². The van der Waals surface area contributed by atoms with Crippen molar-refractivity contribution in [3.05, 3.63) is 69.4 Å². The van der Waals surface area contributed by atoms with Crippen LogP contribution in [0.4, 0.5) is 0 Å². The number of benzene rings is 1. The van der Waals surface area contributed by atoms with E-state index < -0.39 is 11.9 Å². The number of ether oxygens (including phenoxy) is 2. The van der Waals surface area contributed by atoms with Gasteiger partial charge in [0.1, 0.15) is 17.4 Å². The molecule has 0 saturated carbocycles. The highest BCUT2D eigenvalue weighted by molar-refractivity contribution is 7.08. The molecule has 0 aliphatic carbocycles. The summed E-state index contributed by atoms with van der Waals surface area (Å²) in [5, 5.41) is 13.7. The molecule has 6 heteroatoms. The van der Waals surface area contributed by atoms with Gasteiger partial charge in [0.05, 0.1) is 18.1 Å². The largest absolute Gasteiger partial charge is 0.463 e. The van der Waals surface area contributed by atoms with Gasteiger partial charge in [-0.15, -0.1) is 0 Å². The van der Waals surface area contributed by atoms with E-state index in [0.717, 1.165) is 16.7 Å². The average molecular weight is 366 g/mol. The van der Waals surface area contributed by atoms with Crippen LogP contribution >= 0.6 is 11.3 Å². The van der Waals surface area contributed by atoms with Crippen molar-refractivity contribution >= 4 is 17.3 Å². The molecular weight excluding hydrogens is 348 g/mol. The maximum absolute atomic E-state index is 12.5. The highest BCUT2D eigenvalue weighted by Gasteiger charge is 2.36. The van der Waals surface area contributed by atoms with E-state index in [0.29, 0.717) is 11.3 Å². The predicted molar refractivity (Wildman–Crippen MR) is 99.7 cm³/mol. The van der Waals surface area contributed by atoms with Crippen molar-refractivity contribution in [1.82, 2.24) is 0 Å². The molecule has 0 radical (unpaired) electrons. The number of esters is 1. The monoisotopic (exact) mass is 366 g/mol. The third-order valence-corrected chi connectivity index (χ3v) is 4.88. The molecule has 0 bridgehead atoms. The zero-order chi connectivity index (χ0) is 18.7. The number of allylic oxidation sites excluding steroid dienone is 2. The predicted octanol–water partition coefficient (Wildman–Crippen LogP) is 4.06. The Balaban J connectivity index is 2.06. The number of thiophene rings is 1. The maximum atomic E-state index is 12.5. The van der Waals surface area contributed by atoms with E-state index in [1.54, 1.807) is 25.2 Å². The molecule has 1 aliphatic heterocycles. The molecule has 26 heavy (non-hydrogen) atoms. The second-order valence-electron chi connectivity index (χ2n) is 5.75. The van der Waals surface area contributed by atoms with Gasteiger partial charge in [-0.1, -0.05) is 24.3 Å². The zero-order valence-electron chi connectivity index (χ0n) is 14.5. The highest BCUT2D eigenvalue weighted by Crippen LogP contribution is 2.40. The summed E-state index contributed by atoms with van der Waals surface area (Å²) < 4.78 is 10.6. The van der Waals surface area contributed by atoms with Crippen LogP contribution in [0.5, 0.6) is 0 Å². The van der Waals surface area contributed by atoms with Crippen LogP contribution in [-0.2, 0) is 14.3 Å². The maximum Gasteiger partial charge on any atom is 0.338 e. The van der Waals surface area contributed by atoms with E-state index in [1.165, 1.54) is 0 Å². The summed E-state index contributed by atoms with van der Waals surface area (Å²) in [6.07, 6.45) is 0.